The molecule has 0 spiro atoms. The number of hydrogen-bond acceptors (Lipinski definition) is 4. The van der Waals surface area contributed by atoms with Crippen molar-refractivity contribution < 1.29 is 14.6 Å². The number of carbonyl (C=O) groups is 1. The number of aromatic nitrogens is 1. The van der Waals surface area contributed by atoms with Gasteiger partial charge >= 0.3 is 0 Å². The maximum atomic E-state index is 11.5. The number of halogens is 2. The lowest BCUT2D eigenvalue weighted by molar-refractivity contribution is -0.254. The number of nitrogens with zero attached hydrogens (tertiary/aromatic N) is 1. The Morgan fingerprint density at radius 2 is 1.91 bits per heavy atom. The van der Waals surface area contributed by atoms with E-state index in [9.17, 15) is 9.90 Å². The summed E-state index contributed by atoms with van der Waals surface area (Å²) in [5.74, 6) is -0.807. The third-order valence-electron chi connectivity index (χ3n) is 3.46. The SMILES string of the molecule is COc1cccc2c(C(=O)[O-])cc(-c3ccc(Cl)c(Cl)c3)nc12. The fourth-order valence-electron chi connectivity index (χ4n) is 2.36. The van der Waals surface area contributed by atoms with Crippen LogP contribution >= 0.6 is 23.2 Å². The Bertz CT molecular complexity index is 925. The van der Waals surface area contributed by atoms with Gasteiger partial charge in [-0.2, -0.15) is 0 Å². The topological polar surface area (TPSA) is 62.2 Å². The van der Waals surface area contributed by atoms with Crippen LogP contribution in [0.5, 0.6) is 5.75 Å². The van der Waals surface area contributed by atoms with Gasteiger partial charge in [-0.25, -0.2) is 4.98 Å². The van der Waals surface area contributed by atoms with Crippen molar-refractivity contribution in [3.8, 4) is 17.0 Å². The van der Waals surface area contributed by atoms with E-state index in [0.29, 0.717) is 38.0 Å². The normalized spacial score (nSPS) is 10.7. The van der Waals surface area contributed by atoms with Crippen LogP contribution in [0.1, 0.15) is 10.4 Å². The summed E-state index contributed by atoms with van der Waals surface area (Å²) in [6, 6.07) is 11.5. The molecule has 0 saturated heterocycles. The van der Waals surface area contributed by atoms with Crippen LogP contribution in [0.4, 0.5) is 0 Å². The molecule has 0 unspecified atom stereocenters. The van der Waals surface area contributed by atoms with Crippen molar-refractivity contribution in [2.75, 3.05) is 7.11 Å². The van der Waals surface area contributed by atoms with Crippen LogP contribution in [0.2, 0.25) is 10.0 Å². The Kier molecular flexibility index (Phi) is 4.11. The average Bonchev–Trinajstić information content (AvgIpc) is 2.55. The Morgan fingerprint density at radius 3 is 2.57 bits per heavy atom. The zero-order valence-corrected chi connectivity index (χ0v) is 13.5. The maximum absolute atomic E-state index is 11.5. The number of rotatable bonds is 3. The first-order valence-corrected chi connectivity index (χ1v) is 7.41. The minimum Gasteiger partial charge on any atom is -0.545 e. The number of benzene rings is 2. The number of carboxylic acid groups (broad SMARTS) is 1. The lowest BCUT2D eigenvalue weighted by Crippen LogP contribution is -2.22. The summed E-state index contributed by atoms with van der Waals surface area (Å²) >= 11 is 11.9. The van der Waals surface area contributed by atoms with Crippen molar-refractivity contribution >= 4 is 40.1 Å². The van der Waals surface area contributed by atoms with Gasteiger partial charge in [-0.05, 0) is 24.3 Å². The van der Waals surface area contributed by atoms with E-state index < -0.39 is 5.97 Å². The zero-order chi connectivity index (χ0) is 16.6. The summed E-state index contributed by atoms with van der Waals surface area (Å²) in [7, 11) is 1.50. The van der Waals surface area contributed by atoms with E-state index in [-0.39, 0.29) is 5.56 Å². The molecular weight excluding hydrogens is 337 g/mol. The molecule has 0 atom stereocenters. The van der Waals surface area contributed by atoms with Crippen LogP contribution in [-0.2, 0) is 0 Å². The molecule has 1 aromatic heterocycles. The summed E-state index contributed by atoms with van der Waals surface area (Å²) in [4.78, 5) is 16.0. The second-order valence-corrected chi connectivity index (χ2v) is 5.64. The van der Waals surface area contributed by atoms with Gasteiger partial charge in [0.15, 0.2) is 0 Å². The highest BCUT2D eigenvalue weighted by Crippen LogP contribution is 2.32. The second-order valence-electron chi connectivity index (χ2n) is 4.83. The van der Waals surface area contributed by atoms with Crippen molar-refractivity contribution in [2.45, 2.75) is 0 Å². The number of para-hydroxylation sites is 1. The van der Waals surface area contributed by atoms with Crippen molar-refractivity contribution in [1.82, 2.24) is 4.98 Å². The monoisotopic (exact) mass is 346 g/mol. The minimum absolute atomic E-state index is 0.0370. The van der Waals surface area contributed by atoms with Crippen molar-refractivity contribution in [3.05, 3.63) is 58.1 Å². The van der Waals surface area contributed by atoms with Gasteiger partial charge in [-0.3, -0.25) is 0 Å². The fraction of sp³-hybridized carbons (Fsp3) is 0.0588. The molecule has 0 aliphatic heterocycles. The standard InChI is InChI=1S/C17H11Cl2NO3/c1-23-15-4-2-3-10-11(17(21)22)8-14(20-16(10)15)9-5-6-12(18)13(19)7-9/h2-8H,1H3,(H,21,22)/p-1. The molecule has 1 heterocycles. The minimum atomic E-state index is -1.29. The van der Waals surface area contributed by atoms with Crippen molar-refractivity contribution in [3.63, 3.8) is 0 Å². The number of ether oxygens (including phenoxy) is 1. The third-order valence-corrected chi connectivity index (χ3v) is 4.20. The van der Waals surface area contributed by atoms with E-state index in [1.165, 1.54) is 13.2 Å². The van der Waals surface area contributed by atoms with E-state index >= 15 is 0 Å². The largest absolute Gasteiger partial charge is 0.545 e. The fourth-order valence-corrected chi connectivity index (χ4v) is 2.66. The Hall–Kier alpha value is -2.30. The maximum Gasteiger partial charge on any atom is 0.145 e. The van der Waals surface area contributed by atoms with Crippen LogP contribution in [-0.4, -0.2) is 18.1 Å². The molecule has 6 heteroatoms. The quantitative estimate of drug-likeness (QED) is 0.727. The van der Waals surface area contributed by atoms with Crippen LogP contribution in [0, 0.1) is 0 Å². The molecule has 4 nitrogen and oxygen atoms in total. The van der Waals surface area contributed by atoms with Gasteiger partial charge in [-0.1, -0.05) is 41.4 Å². The predicted octanol–water partition coefficient (Wildman–Crippen LogP) is 3.58. The highest BCUT2D eigenvalue weighted by atomic mass is 35.5. The summed E-state index contributed by atoms with van der Waals surface area (Å²) in [5.41, 5.74) is 1.57. The Morgan fingerprint density at radius 1 is 1.13 bits per heavy atom. The average molecular weight is 347 g/mol. The van der Waals surface area contributed by atoms with Gasteiger partial charge in [0.1, 0.15) is 11.3 Å². The van der Waals surface area contributed by atoms with Gasteiger partial charge in [0.2, 0.25) is 0 Å². The Labute approximate surface area is 142 Å². The molecule has 2 aromatic carbocycles. The molecule has 3 aromatic rings. The molecule has 0 radical (unpaired) electrons. The highest BCUT2D eigenvalue weighted by molar-refractivity contribution is 6.42. The first-order valence-electron chi connectivity index (χ1n) is 6.66. The van der Waals surface area contributed by atoms with E-state index in [1.807, 2.05) is 0 Å². The molecule has 0 amide bonds. The van der Waals surface area contributed by atoms with E-state index in [4.69, 9.17) is 27.9 Å². The number of pyridine rings is 1. The molecule has 0 aliphatic rings. The van der Waals surface area contributed by atoms with E-state index in [0.717, 1.165) is 0 Å². The smallest absolute Gasteiger partial charge is 0.145 e. The summed E-state index contributed by atoms with van der Waals surface area (Å²) < 4.78 is 5.27. The summed E-state index contributed by atoms with van der Waals surface area (Å²) in [6.07, 6.45) is 0. The van der Waals surface area contributed by atoms with Crippen LogP contribution in [0.15, 0.2) is 42.5 Å². The van der Waals surface area contributed by atoms with Crippen molar-refractivity contribution in [2.24, 2.45) is 0 Å². The van der Waals surface area contributed by atoms with Crippen LogP contribution < -0.4 is 9.84 Å². The zero-order valence-electron chi connectivity index (χ0n) is 12.0. The summed E-state index contributed by atoms with van der Waals surface area (Å²) in [6.45, 7) is 0. The molecular formula is C17H10Cl2NO3-. The van der Waals surface area contributed by atoms with Gasteiger partial charge < -0.3 is 14.6 Å². The third kappa shape index (κ3) is 2.83. The van der Waals surface area contributed by atoms with Crippen LogP contribution in [0.25, 0.3) is 22.2 Å². The first-order chi connectivity index (χ1) is 11.0. The number of fused-ring (bicyclic) bond motifs is 1. The first kappa shape index (κ1) is 15.6. The second kappa shape index (κ2) is 6.07. The lowest BCUT2D eigenvalue weighted by atomic mass is 10.0. The number of methoxy groups -OCH3 is 1. The molecule has 0 aliphatic carbocycles. The number of carbonyl (C=O) groups excluding carboxylic acids is 1. The molecule has 0 fully saturated rings. The van der Waals surface area contributed by atoms with E-state index in [1.54, 1.807) is 36.4 Å². The predicted molar refractivity (Wildman–Crippen MR) is 88.1 cm³/mol. The summed E-state index contributed by atoms with van der Waals surface area (Å²) in [5, 5.41) is 12.7. The van der Waals surface area contributed by atoms with Gasteiger partial charge in [0.05, 0.1) is 28.8 Å². The molecule has 0 saturated carbocycles. The number of hydrogen-bond donors (Lipinski definition) is 0. The van der Waals surface area contributed by atoms with Gasteiger partial charge in [0, 0.05) is 16.5 Å². The van der Waals surface area contributed by atoms with Crippen LogP contribution in [0.3, 0.4) is 0 Å². The molecule has 3 rings (SSSR count). The number of carboxylic acids is 1. The lowest BCUT2D eigenvalue weighted by Gasteiger charge is -2.13. The van der Waals surface area contributed by atoms with Crippen molar-refractivity contribution in [1.29, 1.82) is 0 Å². The molecule has 0 N–H and O–H groups in total. The van der Waals surface area contributed by atoms with E-state index in [2.05, 4.69) is 4.98 Å². The molecule has 116 valence electrons. The highest BCUT2D eigenvalue weighted by Gasteiger charge is 2.12. The molecule has 0 bridgehead atoms. The van der Waals surface area contributed by atoms with Gasteiger partial charge in [0.25, 0.3) is 0 Å². The Balaban J connectivity index is 2.33. The number of aromatic carboxylic acids is 1. The van der Waals surface area contributed by atoms with Gasteiger partial charge in [-0.15, -0.1) is 0 Å². The molecule has 23 heavy (non-hydrogen) atoms.